The van der Waals surface area contributed by atoms with E-state index in [0.717, 1.165) is 41.5 Å². The maximum atomic E-state index is 14.8. The lowest BCUT2D eigenvalue weighted by Gasteiger charge is -2.18. The van der Waals surface area contributed by atoms with Crippen LogP contribution in [0.4, 0.5) is 9.18 Å². The van der Waals surface area contributed by atoms with E-state index in [2.05, 4.69) is 17.6 Å². The molecule has 4 rings (SSSR count). The molecule has 0 fully saturated rings. The average molecular weight is 489 g/mol. The highest BCUT2D eigenvalue weighted by Crippen LogP contribution is 2.37. The minimum Gasteiger partial charge on any atom is -0.338 e. The molecule has 1 aliphatic rings. The summed E-state index contributed by atoms with van der Waals surface area (Å²) in [5, 5.41) is 4.78. The molecule has 0 spiro atoms. The number of para-hydroxylation sites is 1. The number of hydrogen-bond donors (Lipinski definition) is 2. The first-order chi connectivity index (χ1) is 15.8. The van der Waals surface area contributed by atoms with Gasteiger partial charge < -0.3 is 5.32 Å². The van der Waals surface area contributed by atoms with Crippen LogP contribution in [-0.4, -0.2) is 33.3 Å². The van der Waals surface area contributed by atoms with Crippen LogP contribution < -0.4 is 16.2 Å². The van der Waals surface area contributed by atoms with Gasteiger partial charge in [0.15, 0.2) is 5.16 Å². The number of carbonyl (C=O) groups excluding carboxylic acids is 2. The van der Waals surface area contributed by atoms with E-state index in [9.17, 15) is 18.8 Å². The van der Waals surface area contributed by atoms with Gasteiger partial charge in [0.1, 0.15) is 10.6 Å². The van der Waals surface area contributed by atoms with E-state index < -0.39 is 23.0 Å². The van der Waals surface area contributed by atoms with Crippen LogP contribution in [0.2, 0.25) is 0 Å². The number of benzene rings is 1. The highest BCUT2D eigenvalue weighted by Gasteiger charge is 2.27. The molecule has 1 aromatic carbocycles. The summed E-state index contributed by atoms with van der Waals surface area (Å²) in [4.78, 5) is 44.4. The van der Waals surface area contributed by atoms with Crippen LogP contribution in [0, 0.1) is 11.7 Å². The smallest absolute Gasteiger partial charge is 0.321 e. The minimum atomic E-state index is -0.746. The van der Waals surface area contributed by atoms with Crippen molar-refractivity contribution in [3.8, 4) is 5.69 Å². The number of thiophene rings is 1. The average Bonchev–Trinajstić information content (AvgIpc) is 3.12. The highest BCUT2D eigenvalue weighted by molar-refractivity contribution is 8.00. The second-order valence-corrected chi connectivity index (χ2v) is 10.5. The van der Waals surface area contributed by atoms with Crippen LogP contribution in [0.25, 0.3) is 15.9 Å². The van der Waals surface area contributed by atoms with Crippen molar-refractivity contribution < 1.29 is 14.0 Å². The topological polar surface area (TPSA) is 93.1 Å². The van der Waals surface area contributed by atoms with Gasteiger partial charge in [0.05, 0.1) is 16.3 Å². The predicted octanol–water partition coefficient (Wildman–Crippen LogP) is 4.04. The molecule has 0 unspecified atom stereocenters. The standard InChI is InChI=1S/C23H25FN4O3S2/c1-4-25-22(31)26-19(29)13(3)32-23-27-20-18(14-10-9-12(2)11-17(14)33-20)21(30)28(23)16-8-6-5-7-15(16)24/h5-8,12-13H,4,9-11H2,1-3H3,(H2,25,26,29,31)/t12-,13+/m0/s1. The van der Waals surface area contributed by atoms with Crippen molar-refractivity contribution in [1.82, 2.24) is 20.2 Å². The third kappa shape index (κ3) is 4.67. The number of aryl methyl sites for hydroxylation is 1. The van der Waals surface area contributed by atoms with E-state index in [1.807, 2.05) is 0 Å². The number of aromatic nitrogens is 2. The number of urea groups is 1. The summed E-state index contributed by atoms with van der Waals surface area (Å²) in [6.45, 7) is 5.93. The Morgan fingerprint density at radius 1 is 1.36 bits per heavy atom. The Bertz CT molecular complexity index is 1290. The molecule has 0 saturated heterocycles. The van der Waals surface area contributed by atoms with Crippen molar-refractivity contribution in [2.24, 2.45) is 5.92 Å². The number of thioether (sulfide) groups is 1. The number of imide groups is 1. The van der Waals surface area contributed by atoms with Crippen LogP contribution in [0.5, 0.6) is 0 Å². The molecule has 33 heavy (non-hydrogen) atoms. The summed E-state index contributed by atoms with van der Waals surface area (Å²) in [5.41, 5.74) is 0.755. The zero-order valence-electron chi connectivity index (χ0n) is 18.6. The molecule has 1 aliphatic carbocycles. The van der Waals surface area contributed by atoms with Crippen molar-refractivity contribution in [2.45, 2.75) is 50.4 Å². The summed E-state index contributed by atoms with van der Waals surface area (Å²) in [6.07, 6.45) is 2.68. The summed E-state index contributed by atoms with van der Waals surface area (Å²) >= 11 is 2.51. The van der Waals surface area contributed by atoms with Crippen molar-refractivity contribution in [2.75, 3.05) is 6.54 Å². The van der Waals surface area contributed by atoms with E-state index >= 15 is 0 Å². The lowest BCUT2D eigenvalue weighted by Crippen LogP contribution is -2.42. The third-order valence-electron chi connectivity index (χ3n) is 5.62. The van der Waals surface area contributed by atoms with E-state index in [4.69, 9.17) is 4.98 Å². The fourth-order valence-electron chi connectivity index (χ4n) is 3.93. The quantitative estimate of drug-likeness (QED) is 0.418. The zero-order chi connectivity index (χ0) is 23.7. The molecule has 2 N–H and O–H groups in total. The normalized spacial score (nSPS) is 16.3. The van der Waals surface area contributed by atoms with E-state index in [1.54, 1.807) is 26.0 Å². The van der Waals surface area contributed by atoms with Crippen LogP contribution >= 0.6 is 23.1 Å². The van der Waals surface area contributed by atoms with E-state index in [0.29, 0.717) is 22.7 Å². The molecule has 0 saturated carbocycles. The van der Waals surface area contributed by atoms with Crippen molar-refractivity contribution >= 4 is 45.3 Å². The lowest BCUT2D eigenvalue weighted by molar-refractivity contribution is -0.119. The van der Waals surface area contributed by atoms with Gasteiger partial charge in [-0.2, -0.15) is 0 Å². The molecular weight excluding hydrogens is 463 g/mol. The largest absolute Gasteiger partial charge is 0.338 e. The first-order valence-corrected chi connectivity index (χ1v) is 12.6. The number of nitrogens with one attached hydrogen (secondary N) is 2. The Labute approximate surface area is 198 Å². The number of hydrogen-bond acceptors (Lipinski definition) is 6. The van der Waals surface area contributed by atoms with Gasteiger partial charge in [0, 0.05) is 11.4 Å². The van der Waals surface area contributed by atoms with Crippen molar-refractivity contribution in [1.29, 1.82) is 0 Å². The molecule has 0 bridgehead atoms. The van der Waals surface area contributed by atoms with Gasteiger partial charge in [-0.25, -0.2) is 14.2 Å². The third-order valence-corrected chi connectivity index (χ3v) is 7.82. The van der Waals surface area contributed by atoms with Crippen LogP contribution in [0.15, 0.2) is 34.2 Å². The van der Waals surface area contributed by atoms with Gasteiger partial charge in [0.25, 0.3) is 5.56 Å². The molecule has 2 aromatic heterocycles. The van der Waals surface area contributed by atoms with Crippen LogP contribution in [0.1, 0.15) is 37.6 Å². The minimum absolute atomic E-state index is 0.0832. The molecule has 0 radical (unpaired) electrons. The summed E-state index contributed by atoms with van der Waals surface area (Å²) in [6, 6.07) is 5.42. The molecule has 2 atom stereocenters. The van der Waals surface area contributed by atoms with Crippen molar-refractivity contribution in [3.05, 3.63) is 50.9 Å². The molecule has 3 aromatic rings. The maximum absolute atomic E-state index is 14.8. The maximum Gasteiger partial charge on any atom is 0.321 e. The van der Waals surface area contributed by atoms with Gasteiger partial charge in [-0.15, -0.1) is 11.3 Å². The fourth-order valence-corrected chi connectivity index (χ4v) is 6.27. The second-order valence-electron chi connectivity index (χ2n) is 8.13. The van der Waals surface area contributed by atoms with Crippen LogP contribution in [-0.2, 0) is 17.6 Å². The molecule has 7 nitrogen and oxygen atoms in total. The summed E-state index contributed by atoms with van der Waals surface area (Å²) < 4.78 is 16.0. The van der Waals surface area contributed by atoms with Gasteiger partial charge in [0.2, 0.25) is 5.91 Å². The number of rotatable bonds is 5. The summed E-state index contributed by atoms with van der Waals surface area (Å²) in [7, 11) is 0. The van der Waals surface area contributed by atoms with Gasteiger partial charge >= 0.3 is 6.03 Å². The van der Waals surface area contributed by atoms with Crippen molar-refractivity contribution in [3.63, 3.8) is 0 Å². The number of nitrogens with zero attached hydrogens (tertiary/aromatic N) is 2. The second kappa shape index (κ2) is 9.64. The molecule has 10 heteroatoms. The fraction of sp³-hybridized carbons (Fsp3) is 0.391. The predicted molar refractivity (Wildman–Crippen MR) is 129 cm³/mol. The molecule has 174 valence electrons. The highest BCUT2D eigenvalue weighted by atomic mass is 32.2. The molecular formula is C23H25FN4O3S2. The SMILES string of the molecule is CCNC(=O)NC(=O)[C@@H](C)Sc1nc2sc3c(c2c(=O)n1-c1ccccc1F)CC[C@H](C)C3. The Morgan fingerprint density at radius 2 is 2.12 bits per heavy atom. The van der Waals surface area contributed by atoms with Gasteiger partial charge in [-0.1, -0.05) is 30.8 Å². The van der Waals surface area contributed by atoms with Gasteiger partial charge in [-0.05, 0) is 56.7 Å². The number of fused-ring (bicyclic) bond motifs is 3. The number of carbonyl (C=O) groups is 2. The molecule has 2 heterocycles. The monoisotopic (exact) mass is 488 g/mol. The van der Waals surface area contributed by atoms with Crippen LogP contribution in [0.3, 0.4) is 0 Å². The van der Waals surface area contributed by atoms with E-state index in [1.165, 1.54) is 28.0 Å². The number of halogens is 1. The molecule has 3 amide bonds. The zero-order valence-corrected chi connectivity index (χ0v) is 20.2. The van der Waals surface area contributed by atoms with Gasteiger partial charge in [-0.3, -0.25) is 19.5 Å². The Morgan fingerprint density at radius 3 is 2.85 bits per heavy atom. The summed E-state index contributed by atoms with van der Waals surface area (Å²) in [5.74, 6) is -0.550. The first-order valence-electron chi connectivity index (χ1n) is 10.9. The Hall–Kier alpha value is -2.72. The van der Waals surface area contributed by atoms with E-state index in [-0.39, 0.29) is 16.4 Å². The lowest BCUT2D eigenvalue weighted by atomic mass is 9.89. The first kappa shape index (κ1) is 23.4. The Kier molecular flexibility index (Phi) is 6.85. The molecule has 0 aliphatic heterocycles. The Balaban J connectivity index is 1.82. The number of amides is 3.